The van der Waals surface area contributed by atoms with Crippen molar-refractivity contribution < 1.29 is 23.1 Å². The SMILES string of the molecule is CC.CC.CCCC1CCC2C3CCC4CC(C(F)(F)F)CCC4(C)C3CCC12C.CCCCCCC(=O)O. The van der Waals surface area contributed by atoms with Gasteiger partial charge in [0.15, 0.2) is 0 Å². The minimum atomic E-state index is -3.98. The summed E-state index contributed by atoms with van der Waals surface area (Å²) >= 11 is 0. The maximum Gasteiger partial charge on any atom is 0.391 e. The highest BCUT2D eigenvalue weighted by molar-refractivity contribution is 5.66. The van der Waals surface area contributed by atoms with Crippen LogP contribution in [0.25, 0.3) is 0 Å². The number of halogens is 3. The number of hydrogen-bond donors (Lipinski definition) is 1. The Labute approximate surface area is 239 Å². The van der Waals surface area contributed by atoms with E-state index in [1.807, 2.05) is 27.7 Å². The molecule has 39 heavy (non-hydrogen) atoms. The van der Waals surface area contributed by atoms with Gasteiger partial charge in [0.05, 0.1) is 5.92 Å². The zero-order valence-electron chi connectivity index (χ0n) is 26.8. The third kappa shape index (κ3) is 8.87. The molecule has 4 saturated carbocycles. The van der Waals surface area contributed by atoms with Crippen LogP contribution in [0, 0.1) is 46.3 Å². The average Bonchev–Trinajstić information content (AvgIpc) is 3.24. The smallest absolute Gasteiger partial charge is 0.391 e. The topological polar surface area (TPSA) is 37.3 Å². The van der Waals surface area contributed by atoms with Crippen molar-refractivity contribution in [2.45, 2.75) is 164 Å². The summed E-state index contributed by atoms with van der Waals surface area (Å²) in [7, 11) is 0. The Bertz CT molecular complexity index is 692. The molecule has 0 amide bonds. The number of rotatable bonds is 7. The van der Waals surface area contributed by atoms with Gasteiger partial charge in [-0.2, -0.15) is 13.2 Å². The van der Waals surface area contributed by atoms with E-state index in [9.17, 15) is 18.0 Å². The Hall–Kier alpha value is -0.740. The number of fused-ring (bicyclic) bond motifs is 5. The van der Waals surface area contributed by atoms with E-state index in [-0.39, 0.29) is 5.41 Å². The van der Waals surface area contributed by atoms with E-state index >= 15 is 0 Å². The van der Waals surface area contributed by atoms with Gasteiger partial charge in [0.2, 0.25) is 0 Å². The fourth-order valence-electron chi connectivity index (χ4n) is 9.19. The summed E-state index contributed by atoms with van der Waals surface area (Å²) in [4.78, 5) is 9.96. The summed E-state index contributed by atoms with van der Waals surface area (Å²) in [6, 6.07) is 0. The lowest BCUT2D eigenvalue weighted by Crippen LogP contribution is -2.54. The van der Waals surface area contributed by atoms with Gasteiger partial charge in [-0.25, -0.2) is 0 Å². The molecule has 8 unspecified atom stereocenters. The van der Waals surface area contributed by atoms with Gasteiger partial charge in [-0.15, -0.1) is 0 Å². The van der Waals surface area contributed by atoms with Gasteiger partial charge in [0.25, 0.3) is 0 Å². The van der Waals surface area contributed by atoms with Crippen molar-refractivity contribution in [1.29, 1.82) is 0 Å². The second-order valence-corrected chi connectivity index (χ2v) is 13.0. The van der Waals surface area contributed by atoms with Gasteiger partial charge in [-0.3, -0.25) is 4.79 Å². The standard InChI is InChI=1S/C23H37F3.C7H14O2.2C2H6/c1-4-5-15-7-9-19-18-8-6-16-14-17(23(24,25)26)10-12-22(16,3)20(18)11-13-21(15,19)2;1-2-3-4-5-6-7(8)9;2*1-2/h15-20H,4-14H2,1-3H3;2-6H2,1H3,(H,8,9);2*1-2H3. The van der Waals surface area contributed by atoms with Gasteiger partial charge in [0.1, 0.15) is 0 Å². The summed E-state index contributed by atoms with van der Waals surface area (Å²) in [6.45, 7) is 17.4. The molecule has 0 aliphatic heterocycles. The predicted octanol–water partition coefficient (Wildman–Crippen LogP) is 11.7. The minimum absolute atomic E-state index is 0.175. The fraction of sp³-hybridized carbons (Fsp3) is 0.971. The van der Waals surface area contributed by atoms with Crippen molar-refractivity contribution in [3.8, 4) is 0 Å². The number of hydrogen-bond acceptors (Lipinski definition) is 1. The molecule has 4 rings (SSSR count). The molecule has 4 fully saturated rings. The van der Waals surface area contributed by atoms with Gasteiger partial charge in [-0.1, -0.05) is 87.5 Å². The molecule has 0 heterocycles. The van der Waals surface area contributed by atoms with Gasteiger partial charge < -0.3 is 5.11 Å². The number of unbranched alkanes of at least 4 members (excludes halogenated alkanes) is 3. The van der Waals surface area contributed by atoms with E-state index in [4.69, 9.17) is 5.11 Å². The Morgan fingerprint density at radius 3 is 1.97 bits per heavy atom. The molecule has 8 atom stereocenters. The lowest BCUT2D eigenvalue weighted by molar-refractivity contribution is -0.208. The largest absolute Gasteiger partial charge is 0.481 e. The molecule has 0 saturated heterocycles. The van der Waals surface area contributed by atoms with Gasteiger partial charge in [0, 0.05) is 6.42 Å². The molecule has 1 N–H and O–H groups in total. The first-order valence-electron chi connectivity index (χ1n) is 16.8. The molecule has 4 aliphatic carbocycles. The highest BCUT2D eigenvalue weighted by Crippen LogP contribution is 2.68. The molecule has 0 spiro atoms. The average molecular weight is 561 g/mol. The molecule has 2 nitrogen and oxygen atoms in total. The maximum atomic E-state index is 13.3. The zero-order chi connectivity index (χ0) is 29.9. The molecule has 5 heteroatoms. The highest BCUT2D eigenvalue weighted by Gasteiger charge is 2.61. The van der Waals surface area contributed by atoms with Crippen LogP contribution in [0.3, 0.4) is 0 Å². The van der Waals surface area contributed by atoms with Crippen molar-refractivity contribution in [2.24, 2.45) is 46.3 Å². The summed E-state index contributed by atoms with van der Waals surface area (Å²) in [5.41, 5.74) is 0.693. The van der Waals surface area contributed by atoms with Crippen LogP contribution in [0.2, 0.25) is 0 Å². The second-order valence-electron chi connectivity index (χ2n) is 13.0. The number of alkyl halides is 3. The molecule has 4 aliphatic rings. The van der Waals surface area contributed by atoms with Gasteiger partial charge >= 0.3 is 12.1 Å². The van der Waals surface area contributed by atoms with Gasteiger partial charge in [-0.05, 0) is 105 Å². The quantitative estimate of drug-likeness (QED) is 0.314. The fourth-order valence-corrected chi connectivity index (χ4v) is 9.19. The lowest BCUT2D eigenvalue weighted by atomic mass is 9.44. The van der Waals surface area contributed by atoms with Crippen LogP contribution in [-0.2, 0) is 4.79 Å². The number of carbonyl (C=O) groups is 1. The van der Waals surface area contributed by atoms with Crippen LogP contribution in [0.4, 0.5) is 13.2 Å². The number of carboxylic acids is 1. The Kier molecular flexibility index (Phi) is 15.5. The Morgan fingerprint density at radius 2 is 1.41 bits per heavy atom. The lowest BCUT2D eigenvalue weighted by Gasteiger charge is -2.61. The Balaban J connectivity index is 0.000000498. The van der Waals surface area contributed by atoms with Crippen molar-refractivity contribution in [2.75, 3.05) is 0 Å². The van der Waals surface area contributed by atoms with Crippen LogP contribution in [-0.4, -0.2) is 17.3 Å². The van der Waals surface area contributed by atoms with E-state index in [1.165, 1.54) is 51.4 Å². The van der Waals surface area contributed by atoms with E-state index in [2.05, 4.69) is 27.7 Å². The first kappa shape index (κ1) is 36.3. The first-order chi connectivity index (χ1) is 18.5. The Morgan fingerprint density at radius 1 is 0.795 bits per heavy atom. The molecule has 232 valence electrons. The van der Waals surface area contributed by atoms with Crippen molar-refractivity contribution in [3.63, 3.8) is 0 Å². The van der Waals surface area contributed by atoms with E-state index in [0.717, 1.165) is 49.9 Å². The number of aliphatic carboxylic acids is 1. The van der Waals surface area contributed by atoms with Crippen molar-refractivity contribution in [1.82, 2.24) is 0 Å². The highest BCUT2D eigenvalue weighted by atomic mass is 19.4. The minimum Gasteiger partial charge on any atom is -0.481 e. The summed E-state index contributed by atoms with van der Waals surface area (Å²) < 4.78 is 39.9. The summed E-state index contributed by atoms with van der Waals surface area (Å²) in [6.07, 6.45) is 12.5. The van der Waals surface area contributed by atoms with E-state index in [0.29, 0.717) is 36.5 Å². The summed E-state index contributed by atoms with van der Waals surface area (Å²) in [5, 5.41) is 8.21. The molecule has 0 radical (unpaired) electrons. The van der Waals surface area contributed by atoms with Crippen LogP contribution >= 0.6 is 0 Å². The number of carboxylic acid groups (broad SMARTS) is 1. The van der Waals surface area contributed by atoms with Crippen molar-refractivity contribution >= 4 is 5.97 Å². The molecule has 0 bridgehead atoms. The zero-order valence-corrected chi connectivity index (χ0v) is 26.8. The van der Waals surface area contributed by atoms with Crippen LogP contribution in [0.1, 0.15) is 158 Å². The maximum absolute atomic E-state index is 13.3. The third-order valence-electron chi connectivity index (χ3n) is 11.2. The second kappa shape index (κ2) is 16.6. The van der Waals surface area contributed by atoms with Crippen LogP contribution < -0.4 is 0 Å². The van der Waals surface area contributed by atoms with E-state index in [1.54, 1.807) is 0 Å². The molecular weight excluding hydrogens is 497 g/mol. The molecule has 0 aromatic heterocycles. The van der Waals surface area contributed by atoms with Crippen molar-refractivity contribution in [3.05, 3.63) is 0 Å². The van der Waals surface area contributed by atoms with E-state index < -0.39 is 18.1 Å². The monoisotopic (exact) mass is 560 g/mol. The normalized spacial score (nSPS) is 36.8. The van der Waals surface area contributed by atoms with Crippen LogP contribution in [0.5, 0.6) is 0 Å². The predicted molar refractivity (Wildman–Crippen MR) is 159 cm³/mol. The third-order valence-corrected chi connectivity index (χ3v) is 11.2. The molecular formula is C34H63F3O2. The first-order valence-corrected chi connectivity index (χ1v) is 16.8. The summed E-state index contributed by atoms with van der Waals surface area (Å²) in [5.74, 6) is 1.81. The van der Waals surface area contributed by atoms with Crippen LogP contribution in [0.15, 0.2) is 0 Å². The molecule has 0 aromatic carbocycles. The molecule has 0 aromatic rings.